The Morgan fingerprint density at radius 3 is 2.16 bits per heavy atom. The van der Waals surface area contributed by atoms with E-state index in [1.165, 1.54) is 12.1 Å². The van der Waals surface area contributed by atoms with Gasteiger partial charge in [0.15, 0.2) is 0 Å². The summed E-state index contributed by atoms with van der Waals surface area (Å²) in [5.74, 6) is 0. The van der Waals surface area contributed by atoms with Crippen LogP contribution in [0, 0.1) is 0 Å². The van der Waals surface area contributed by atoms with E-state index in [-0.39, 0.29) is 14.9 Å². The van der Waals surface area contributed by atoms with Crippen molar-refractivity contribution >= 4 is 49.2 Å². The summed E-state index contributed by atoms with van der Waals surface area (Å²) in [6.07, 6.45) is 3.72. The van der Waals surface area contributed by atoms with Gasteiger partial charge in [-0.3, -0.25) is 0 Å². The Morgan fingerprint density at radius 1 is 1.21 bits per heavy atom. The van der Waals surface area contributed by atoms with Crippen LogP contribution in [-0.4, -0.2) is 14.0 Å². The second-order valence-electron chi connectivity index (χ2n) is 5.07. The molecule has 0 aromatic heterocycles. The quantitative estimate of drug-likeness (QED) is 0.838. The summed E-state index contributed by atoms with van der Waals surface area (Å²) in [5, 5.41) is 0.238. The molecular weight excluding hydrogens is 373 g/mol. The molecule has 0 amide bonds. The highest BCUT2D eigenvalue weighted by Gasteiger charge is 2.35. The van der Waals surface area contributed by atoms with Crippen molar-refractivity contribution in [2.24, 2.45) is 0 Å². The predicted octanol–water partition coefficient (Wildman–Crippen LogP) is 4.37. The van der Waals surface area contributed by atoms with Gasteiger partial charge in [0, 0.05) is 10.0 Å². The Balaban J connectivity index is 2.40. The van der Waals surface area contributed by atoms with Crippen LogP contribution in [-0.2, 0) is 10.0 Å². The summed E-state index contributed by atoms with van der Waals surface area (Å²) < 4.78 is 28.3. The van der Waals surface area contributed by atoms with E-state index >= 15 is 0 Å². The lowest BCUT2D eigenvalue weighted by molar-refractivity contribution is 0.427. The molecule has 0 radical (unpaired) electrons. The lowest BCUT2D eigenvalue weighted by Crippen LogP contribution is -2.43. The lowest BCUT2D eigenvalue weighted by Gasteiger charge is -2.25. The van der Waals surface area contributed by atoms with Crippen LogP contribution >= 0.6 is 39.1 Å². The zero-order valence-electron chi connectivity index (χ0n) is 10.3. The number of hydrogen-bond acceptors (Lipinski definition) is 2. The SMILES string of the molecule is CC1(NS(=O)(=O)c2c(Cl)cc(Br)cc2Cl)CCCC1. The normalized spacial score (nSPS) is 18.7. The Hall–Kier alpha value is 0.190. The van der Waals surface area contributed by atoms with Crippen LogP contribution in [0.25, 0.3) is 0 Å². The molecule has 19 heavy (non-hydrogen) atoms. The molecule has 1 aromatic carbocycles. The Kier molecular flexibility index (Phi) is 4.53. The van der Waals surface area contributed by atoms with Crippen molar-refractivity contribution in [2.75, 3.05) is 0 Å². The lowest BCUT2D eigenvalue weighted by atomic mass is 10.0. The summed E-state index contributed by atoms with van der Waals surface area (Å²) in [6.45, 7) is 1.91. The number of rotatable bonds is 3. The fourth-order valence-corrected chi connectivity index (χ4v) is 5.82. The number of hydrogen-bond donors (Lipinski definition) is 1. The standard InChI is InChI=1S/C12H14BrCl2NO2S/c1-12(4-2-3-5-12)16-19(17,18)11-9(14)6-8(13)7-10(11)15/h6-7,16H,2-5H2,1H3. The molecule has 106 valence electrons. The van der Waals surface area contributed by atoms with Crippen molar-refractivity contribution in [3.63, 3.8) is 0 Å². The first-order valence-electron chi connectivity index (χ1n) is 5.92. The van der Waals surface area contributed by atoms with E-state index in [0.29, 0.717) is 4.47 Å². The number of sulfonamides is 1. The minimum Gasteiger partial charge on any atom is -0.207 e. The van der Waals surface area contributed by atoms with Gasteiger partial charge < -0.3 is 0 Å². The second-order valence-corrected chi connectivity index (χ2v) is 8.42. The molecule has 1 N–H and O–H groups in total. The van der Waals surface area contributed by atoms with E-state index in [1.54, 1.807) is 0 Å². The molecule has 2 rings (SSSR count). The predicted molar refractivity (Wildman–Crippen MR) is 81.4 cm³/mol. The fourth-order valence-electron chi connectivity index (χ4n) is 2.42. The Labute approximate surface area is 131 Å². The van der Waals surface area contributed by atoms with E-state index in [4.69, 9.17) is 23.2 Å². The van der Waals surface area contributed by atoms with E-state index in [2.05, 4.69) is 20.7 Å². The fraction of sp³-hybridized carbons (Fsp3) is 0.500. The maximum atomic E-state index is 12.5. The first-order valence-corrected chi connectivity index (χ1v) is 8.95. The highest BCUT2D eigenvalue weighted by molar-refractivity contribution is 9.10. The molecule has 3 nitrogen and oxygen atoms in total. The first kappa shape index (κ1) is 15.6. The monoisotopic (exact) mass is 385 g/mol. The summed E-state index contributed by atoms with van der Waals surface area (Å²) in [7, 11) is -3.71. The molecule has 1 fully saturated rings. The van der Waals surface area contributed by atoms with Gasteiger partial charge in [0.05, 0.1) is 10.0 Å². The van der Waals surface area contributed by atoms with E-state index in [1.807, 2.05) is 6.92 Å². The molecule has 1 aliphatic carbocycles. The van der Waals surface area contributed by atoms with Gasteiger partial charge >= 0.3 is 0 Å². The summed E-state index contributed by atoms with van der Waals surface area (Å²) in [4.78, 5) is -0.0489. The van der Waals surface area contributed by atoms with Crippen molar-refractivity contribution in [3.8, 4) is 0 Å². The van der Waals surface area contributed by atoms with E-state index < -0.39 is 15.6 Å². The topological polar surface area (TPSA) is 46.2 Å². The Morgan fingerprint density at radius 2 is 1.68 bits per heavy atom. The second kappa shape index (κ2) is 5.53. The van der Waals surface area contributed by atoms with Crippen molar-refractivity contribution in [1.29, 1.82) is 0 Å². The summed E-state index contributed by atoms with van der Waals surface area (Å²) in [6, 6.07) is 3.05. The van der Waals surface area contributed by atoms with Crippen molar-refractivity contribution in [1.82, 2.24) is 4.72 Å². The van der Waals surface area contributed by atoms with Gasteiger partial charge in [-0.1, -0.05) is 52.0 Å². The molecule has 7 heteroatoms. The molecular formula is C12H14BrCl2NO2S. The van der Waals surface area contributed by atoms with Crippen molar-refractivity contribution in [3.05, 3.63) is 26.7 Å². The minimum absolute atomic E-state index is 0.0489. The molecule has 0 saturated heterocycles. The highest BCUT2D eigenvalue weighted by atomic mass is 79.9. The van der Waals surface area contributed by atoms with Gasteiger partial charge in [-0.25, -0.2) is 13.1 Å². The van der Waals surface area contributed by atoms with Crippen LogP contribution in [0.1, 0.15) is 32.6 Å². The third kappa shape index (κ3) is 3.45. The van der Waals surface area contributed by atoms with Crippen LogP contribution in [0.3, 0.4) is 0 Å². The van der Waals surface area contributed by atoms with Crippen LogP contribution in [0.5, 0.6) is 0 Å². The van der Waals surface area contributed by atoms with Gasteiger partial charge in [0.2, 0.25) is 10.0 Å². The summed E-state index contributed by atoms with van der Waals surface area (Å²) >= 11 is 15.3. The molecule has 0 atom stereocenters. The van der Waals surface area contributed by atoms with Gasteiger partial charge in [0.1, 0.15) is 4.90 Å². The molecule has 0 unspecified atom stereocenters. The van der Waals surface area contributed by atoms with Gasteiger partial charge in [-0.05, 0) is 31.9 Å². The van der Waals surface area contributed by atoms with Crippen LogP contribution in [0.4, 0.5) is 0 Å². The maximum Gasteiger partial charge on any atom is 0.244 e. The molecule has 1 saturated carbocycles. The number of halogens is 3. The zero-order valence-corrected chi connectivity index (χ0v) is 14.3. The van der Waals surface area contributed by atoms with E-state index in [0.717, 1.165) is 25.7 Å². The largest absolute Gasteiger partial charge is 0.244 e. The third-order valence-electron chi connectivity index (χ3n) is 3.32. The molecule has 0 bridgehead atoms. The van der Waals surface area contributed by atoms with Crippen LogP contribution < -0.4 is 4.72 Å². The van der Waals surface area contributed by atoms with Crippen LogP contribution in [0.2, 0.25) is 10.0 Å². The van der Waals surface area contributed by atoms with Gasteiger partial charge in [-0.15, -0.1) is 0 Å². The third-order valence-corrected chi connectivity index (χ3v) is 6.34. The minimum atomic E-state index is -3.71. The Bertz CT molecular complexity index is 575. The maximum absolute atomic E-state index is 12.5. The smallest absolute Gasteiger partial charge is 0.207 e. The van der Waals surface area contributed by atoms with E-state index in [9.17, 15) is 8.42 Å². The average molecular weight is 387 g/mol. The number of benzene rings is 1. The molecule has 0 aliphatic heterocycles. The molecule has 0 heterocycles. The van der Waals surface area contributed by atoms with Crippen molar-refractivity contribution < 1.29 is 8.42 Å². The average Bonchev–Trinajstić information content (AvgIpc) is 2.60. The zero-order chi connectivity index (χ0) is 14.3. The molecule has 0 spiro atoms. The highest BCUT2D eigenvalue weighted by Crippen LogP contribution is 2.36. The summed E-state index contributed by atoms with van der Waals surface area (Å²) in [5.41, 5.74) is -0.404. The molecule has 1 aliphatic rings. The first-order chi connectivity index (χ1) is 8.73. The van der Waals surface area contributed by atoms with Crippen LogP contribution in [0.15, 0.2) is 21.5 Å². The molecule has 1 aromatic rings. The number of nitrogens with one attached hydrogen (secondary N) is 1. The van der Waals surface area contributed by atoms with Gasteiger partial charge in [0.25, 0.3) is 0 Å². The van der Waals surface area contributed by atoms with Gasteiger partial charge in [-0.2, -0.15) is 0 Å². The van der Waals surface area contributed by atoms with Crippen molar-refractivity contribution in [2.45, 2.75) is 43.0 Å².